The average Bonchev–Trinajstić information content (AvgIpc) is 1.85. The molecule has 0 aliphatic heterocycles. The first-order valence-electron chi connectivity index (χ1n) is 3.32. The zero-order chi connectivity index (χ0) is 8.27. The summed E-state index contributed by atoms with van der Waals surface area (Å²) in [6.07, 6.45) is 3.25. The molecule has 1 aromatic heterocycles. The maximum Gasteiger partial charge on any atom is 0.148 e. The smallest absolute Gasteiger partial charge is 0.148 e. The molecule has 0 spiro atoms. The largest absolute Gasteiger partial charge is 0.259 e. The maximum absolute atomic E-state index is 5.64. The molecule has 60 valence electrons. The summed E-state index contributed by atoms with van der Waals surface area (Å²) in [5.41, 5.74) is 0. The first-order valence-corrected chi connectivity index (χ1v) is 4.58. The van der Waals surface area contributed by atoms with Crippen LogP contribution in [0.4, 0.5) is 0 Å². The van der Waals surface area contributed by atoms with Crippen molar-refractivity contribution >= 4 is 23.4 Å². The fraction of sp³-hybridized carbons (Fsp3) is 0.429. The number of halogens is 1. The minimum atomic E-state index is 0.454. The fourth-order valence-electron chi connectivity index (χ4n) is 0.624. The van der Waals surface area contributed by atoms with E-state index in [2.05, 4.69) is 23.8 Å². The Hall–Kier alpha value is -0.280. The van der Waals surface area contributed by atoms with Crippen LogP contribution in [0.3, 0.4) is 0 Å². The topological polar surface area (TPSA) is 25.8 Å². The van der Waals surface area contributed by atoms with Crippen LogP contribution < -0.4 is 0 Å². The molecule has 0 atom stereocenters. The molecule has 0 N–H and O–H groups in total. The van der Waals surface area contributed by atoms with Crippen molar-refractivity contribution in [2.45, 2.75) is 24.1 Å². The number of nitrogens with zero attached hydrogens (tertiary/aromatic N) is 2. The molecule has 11 heavy (non-hydrogen) atoms. The lowest BCUT2D eigenvalue weighted by Gasteiger charge is -2.01. The first kappa shape index (κ1) is 8.81. The summed E-state index contributed by atoms with van der Waals surface area (Å²) in [6.45, 7) is 4.21. The average molecular weight is 189 g/mol. The molecule has 0 aromatic carbocycles. The van der Waals surface area contributed by atoms with E-state index < -0.39 is 0 Å². The monoisotopic (exact) mass is 188 g/mol. The lowest BCUT2D eigenvalue weighted by Crippen LogP contribution is -1.89. The fourth-order valence-corrected chi connectivity index (χ4v) is 1.58. The van der Waals surface area contributed by atoms with Gasteiger partial charge in [0.2, 0.25) is 0 Å². The van der Waals surface area contributed by atoms with Crippen LogP contribution in [0.5, 0.6) is 0 Å². The minimum Gasteiger partial charge on any atom is -0.259 e. The molecule has 2 nitrogen and oxygen atoms in total. The highest BCUT2D eigenvalue weighted by Gasteiger charge is 1.99. The minimum absolute atomic E-state index is 0.454. The van der Waals surface area contributed by atoms with Crippen molar-refractivity contribution in [1.82, 2.24) is 9.97 Å². The van der Waals surface area contributed by atoms with E-state index in [1.807, 2.05) is 0 Å². The van der Waals surface area contributed by atoms with Crippen LogP contribution in [0.2, 0.25) is 5.15 Å². The van der Waals surface area contributed by atoms with E-state index in [4.69, 9.17) is 11.6 Å². The molecule has 0 amide bonds. The number of aromatic nitrogens is 2. The third-order valence-electron chi connectivity index (χ3n) is 0.939. The van der Waals surface area contributed by atoms with E-state index in [0.29, 0.717) is 10.4 Å². The molecule has 0 saturated carbocycles. The van der Waals surface area contributed by atoms with Gasteiger partial charge in [0, 0.05) is 5.25 Å². The molecule has 1 heterocycles. The lowest BCUT2D eigenvalue weighted by molar-refractivity contribution is 1.03. The van der Waals surface area contributed by atoms with Crippen LogP contribution in [-0.4, -0.2) is 15.2 Å². The Balaban J connectivity index is 2.71. The Morgan fingerprint density at radius 3 is 2.73 bits per heavy atom. The number of rotatable bonds is 2. The second kappa shape index (κ2) is 3.93. The third kappa shape index (κ3) is 3.08. The number of hydrogen-bond donors (Lipinski definition) is 0. The van der Waals surface area contributed by atoms with Crippen molar-refractivity contribution in [1.29, 1.82) is 0 Å². The predicted octanol–water partition coefficient (Wildman–Crippen LogP) is 2.63. The molecule has 1 rings (SSSR count). The molecule has 0 unspecified atom stereocenters. The SMILES string of the molecule is CC(C)Sc1cncc(Cl)n1. The summed E-state index contributed by atoms with van der Waals surface area (Å²) in [4.78, 5) is 8.00. The number of thioether (sulfide) groups is 1. The molecule has 0 aliphatic carbocycles. The molecule has 1 aromatic rings. The Labute approximate surface area is 75.4 Å². The van der Waals surface area contributed by atoms with Crippen LogP contribution in [0.1, 0.15) is 13.8 Å². The molecule has 0 fully saturated rings. The van der Waals surface area contributed by atoms with E-state index in [-0.39, 0.29) is 0 Å². The summed E-state index contributed by atoms with van der Waals surface area (Å²) in [7, 11) is 0. The molecule has 0 saturated heterocycles. The molecular formula is C7H9ClN2S. The second-order valence-corrected chi connectivity index (χ2v) is 4.33. The van der Waals surface area contributed by atoms with Crippen molar-refractivity contribution in [3.63, 3.8) is 0 Å². The molecule has 0 aliphatic rings. The van der Waals surface area contributed by atoms with Crippen molar-refractivity contribution in [3.8, 4) is 0 Å². The summed E-state index contributed by atoms with van der Waals surface area (Å²) in [6, 6.07) is 0. The van der Waals surface area contributed by atoms with Crippen LogP contribution in [0, 0.1) is 0 Å². The van der Waals surface area contributed by atoms with Gasteiger partial charge >= 0.3 is 0 Å². The summed E-state index contributed by atoms with van der Waals surface area (Å²) in [5.74, 6) is 0. The Morgan fingerprint density at radius 1 is 1.45 bits per heavy atom. The van der Waals surface area contributed by atoms with Gasteiger partial charge in [0.15, 0.2) is 0 Å². The standard InChI is InChI=1S/C7H9ClN2S/c1-5(2)11-7-4-9-3-6(8)10-7/h3-5H,1-2H3. The van der Waals surface area contributed by atoms with E-state index in [1.165, 1.54) is 6.20 Å². The van der Waals surface area contributed by atoms with Gasteiger partial charge in [0.25, 0.3) is 0 Å². The second-order valence-electron chi connectivity index (χ2n) is 2.35. The molecule has 0 bridgehead atoms. The van der Waals surface area contributed by atoms with E-state index in [0.717, 1.165) is 5.03 Å². The van der Waals surface area contributed by atoms with Gasteiger partial charge in [-0.2, -0.15) is 0 Å². The zero-order valence-corrected chi connectivity index (χ0v) is 7.99. The molecular weight excluding hydrogens is 180 g/mol. The van der Waals surface area contributed by atoms with Gasteiger partial charge in [-0.1, -0.05) is 25.4 Å². The number of hydrogen-bond acceptors (Lipinski definition) is 3. The normalized spacial score (nSPS) is 10.5. The van der Waals surface area contributed by atoms with Gasteiger partial charge in [0.1, 0.15) is 10.2 Å². The Morgan fingerprint density at radius 2 is 2.18 bits per heavy atom. The Bertz CT molecular complexity index is 240. The van der Waals surface area contributed by atoms with Crippen molar-refractivity contribution in [2.75, 3.05) is 0 Å². The highest BCUT2D eigenvalue weighted by Crippen LogP contribution is 2.20. The summed E-state index contributed by atoms with van der Waals surface area (Å²) < 4.78 is 0. The Kier molecular flexibility index (Phi) is 3.15. The summed E-state index contributed by atoms with van der Waals surface area (Å²) in [5, 5.41) is 1.85. The van der Waals surface area contributed by atoms with Crippen LogP contribution >= 0.6 is 23.4 Å². The van der Waals surface area contributed by atoms with Gasteiger partial charge in [0.05, 0.1) is 12.4 Å². The van der Waals surface area contributed by atoms with Crippen LogP contribution in [-0.2, 0) is 0 Å². The van der Waals surface area contributed by atoms with E-state index in [9.17, 15) is 0 Å². The van der Waals surface area contributed by atoms with Gasteiger partial charge in [-0.05, 0) is 0 Å². The first-order chi connectivity index (χ1) is 5.18. The van der Waals surface area contributed by atoms with E-state index in [1.54, 1.807) is 18.0 Å². The van der Waals surface area contributed by atoms with Gasteiger partial charge in [-0.3, -0.25) is 4.98 Å². The van der Waals surface area contributed by atoms with Crippen molar-refractivity contribution in [2.24, 2.45) is 0 Å². The van der Waals surface area contributed by atoms with Gasteiger partial charge < -0.3 is 0 Å². The van der Waals surface area contributed by atoms with Crippen LogP contribution in [0.25, 0.3) is 0 Å². The van der Waals surface area contributed by atoms with Crippen molar-refractivity contribution < 1.29 is 0 Å². The zero-order valence-electron chi connectivity index (χ0n) is 6.41. The van der Waals surface area contributed by atoms with Crippen LogP contribution in [0.15, 0.2) is 17.4 Å². The van der Waals surface area contributed by atoms with Gasteiger partial charge in [-0.15, -0.1) is 11.8 Å². The molecule has 0 radical (unpaired) electrons. The van der Waals surface area contributed by atoms with Gasteiger partial charge in [-0.25, -0.2) is 4.98 Å². The lowest BCUT2D eigenvalue weighted by atomic mass is 10.6. The maximum atomic E-state index is 5.64. The third-order valence-corrected chi connectivity index (χ3v) is 2.03. The van der Waals surface area contributed by atoms with E-state index >= 15 is 0 Å². The quantitative estimate of drug-likeness (QED) is 0.668. The highest BCUT2D eigenvalue weighted by molar-refractivity contribution is 7.99. The predicted molar refractivity (Wildman–Crippen MR) is 48.0 cm³/mol. The molecule has 4 heteroatoms. The highest BCUT2D eigenvalue weighted by atomic mass is 35.5. The summed E-state index contributed by atoms with van der Waals surface area (Å²) >= 11 is 7.30. The van der Waals surface area contributed by atoms with Crippen molar-refractivity contribution in [3.05, 3.63) is 17.5 Å².